The van der Waals surface area contributed by atoms with E-state index in [0.29, 0.717) is 12.5 Å². The van der Waals surface area contributed by atoms with Crippen molar-refractivity contribution < 1.29 is 4.79 Å². The van der Waals surface area contributed by atoms with Crippen molar-refractivity contribution >= 4 is 17.2 Å². The standard InChI is InChI=1S/C14H22N2OS/c1-3-8-16(12-6-7-15-10-12)14(17)9-13-5-4-11(2)18-13/h4-5,12,15H,3,6-10H2,1-2H3. The molecule has 0 saturated carbocycles. The van der Waals surface area contributed by atoms with E-state index in [1.165, 1.54) is 9.75 Å². The maximum atomic E-state index is 12.4. The third-order valence-corrected chi connectivity index (χ3v) is 4.38. The molecule has 100 valence electrons. The second-order valence-corrected chi connectivity index (χ2v) is 6.30. The normalized spacial score (nSPS) is 19.1. The predicted molar refractivity (Wildman–Crippen MR) is 76.0 cm³/mol. The van der Waals surface area contributed by atoms with Gasteiger partial charge in [-0.2, -0.15) is 0 Å². The molecule has 2 rings (SSSR count). The van der Waals surface area contributed by atoms with Crippen molar-refractivity contribution in [3.05, 3.63) is 21.9 Å². The molecule has 1 N–H and O–H groups in total. The third-order valence-electron chi connectivity index (χ3n) is 3.38. The van der Waals surface area contributed by atoms with E-state index in [1.807, 2.05) is 0 Å². The van der Waals surface area contributed by atoms with E-state index in [1.54, 1.807) is 11.3 Å². The van der Waals surface area contributed by atoms with Crippen LogP contribution in [0.2, 0.25) is 0 Å². The van der Waals surface area contributed by atoms with Crippen LogP contribution in [0.15, 0.2) is 12.1 Å². The minimum absolute atomic E-state index is 0.285. The van der Waals surface area contributed by atoms with Crippen LogP contribution in [0, 0.1) is 6.92 Å². The molecule has 0 spiro atoms. The molecule has 0 aromatic carbocycles. The summed E-state index contributed by atoms with van der Waals surface area (Å²) in [7, 11) is 0. The first-order valence-electron chi connectivity index (χ1n) is 6.76. The van der Waals surface area contributed by atoms with Crippen molar-refractivity contribution in [3.63, 3.8) is 0 Å². The average molecular weight is 266 g/mol. The Labute approximate surface area is 113 Å². The molecule has 1 unspecified atom stereocenters. The molecule has 1 amide bonds. The molecule has 2 heterocycles. The number of amides is 1. The van der Waals surface area contributed by atoms with Gasteiger partial charge in [0, 0.05) is 28.9 Å². The zero-order chi connectivity index (χ0) is 13.0. The summed E-state index contributed by atoms with van der Waals surface area (Å²) in [6, 6.07) is 4.57. The van der Waals surface area contributed by atoms with Crippen LogP contribution in [0.3, 0.4) is 0 Å². The smallest absolute Gasteiger partial charge is 0.228 e. The highest BCUT2D eigenvalue weighted by Gasteiger charge is 2.25. The molecule has 18 heavy (non-hydrogen) atoms. The molecular formula is C14H22N2OS. The minimum atomic E-state index is 0.285. The Morgan fingerprint density at radius 1 is 1.56 bits per heavy atom. The predicted octanol–water partition coefficient (Wildman–Crippen LogP) is 2.20. The number of hydrogen-bond acceptors (Lipinski definition) is 3. The summed E-state index contributed by atoms with van der Waals surface area (Å²) in [5, 5.41) is 3.34. The fraction of sp³-hybridized carbons (Fsp3) is 0.643. The third kappa shape index (κ3) is 3.33. The zero-order valence-electron chi connectivity index (χ0n) is 11.2. The maximum Gasteiger partial charge on any atom is 0.228 e. The van der Waals surface area contributed by atoms with E-state index in [0.717, 1.165) is 32.5 Å². The highest BCUT2D eigenvalue weighted by atomic mass is 32.1. The molecule has 3 nitrogen and oxygen atoms in total. The van der Waals surface area contributed by atoms with Gasteiger partial charge in [-0.25, -0.2) is 0 Å². The van der Waals surface area contributed by atoms with Crippen molar-refractivity contribution in [3.8, 4) is 0 Å². The van der Waals surface area contributed by atoms with Gasteiger partial charge in [0.05, 0.1) is 6.42 Å². The lowest BCUT2D eigenvalue weighted by Crippen LogP contribution is -2.42. The number of nitrogens with one attached hydrogen (secondary N) is 1. The van der Waals surface area contributed by atoms with Crippen LogP contribution in [-0.2, 0) is 11.2 Å². The van der Waals surface area contributed by atoms with Gasteiger partial charge in [0.1, 0.15) is 0 Å². The number of carbonyl (C=O) groups excluding carboxylic acids is 1. The summed E-state index contributed by atoms with van der Waals surface area (Å²) in [6.07, 6.45) is 2.69. The quantitative estimate of drug-likeness (QED) is 0.886. The first-order valence-corrected chi connectivity index (χ1v) is 7.58. The molecule has 4 heteroatoms. The maximum absolute atomic E-state index is 12.4. The second-order valence-electron chi connectivity index (χ2n) is 4.92. The molecule has 1 aliphatic heterocycles. The van der Waals surface area contributed by atoms with Gasteiger partial charge in [-0.3, -0.25) is 4.79 Å². The van der Waals surface area contributed by atoms with Gasteiger partial charge < -0.3 is 10.2 Å². The first-order chi connectivity index (χ1) is 8.70. The zero-order valence-corrected chi connectivity index (χ0v) is 12.1. The monoisotopic (exact) mass is 266 g/mol. The molecule has 1 aromatic rings. The highest BCUT2D eigenvalue weighted by molar-refractivity contribution is 7.12. The fourth-order valence-electron chi connectivity index (χ4n) is 2.49. The minimum Gasteiger partial charge on any atom is -0.338 e. The molecule has 1 fully saturated rings. The van der Waals surface area contributed by atoms with Crippen molar-refractivity contribution in [2.24, 2.45) is 0 Å². The lowest BCUT2D eigenvalue weighted by molar-refractivity contribution is -0.132. The van der Waals surface area contributed by atoms with Gasteiger partial charge in [0.25, 0.3) is 0 Å². The Morgan fingerprint density at radius 2 is 2.39 bits per heavy atom. The van der Waals surface area contributed by atoms with Gasteiger partial charge in [0.15, 0.2) is 0 Å². The summed E-state index contributed by atoms with van der Waals surface area (Å²) in [4.78, 5) is 16.9. The van der Waals surface area contributed by atoms with Crippen LogP contribution in [0.4, 0.5) is 0 Å². The van der Waals surface area contributed by atoms with Crippen LogP contribution >= 0.6 is 11.3 Å². The number of thiophene rings is 1. The SMILES string of the molecule is CCCN(C(=O)Cc1ccc(C)s1)C1CCNC1. The van der Waals surface area contributed by atoms with Crippen molar-refractivity contribution in [1.29, 1.82) is 0 Å². The number of nitrogens with zero attached hydrogens (tertiary/aromatic N) is 1. The summed E-state index contributed by atoms with van der Waals surface area (Å²) in [5.41, 5.74) is 0. The van der Waals surface area contributed by atoms with Gasteiger partial charge in [-0.1, -0.05) is 6.92 Å². The van der Waals surface area contributed by atoms with Gasteiger partial charge in [0.2, 0.25) is 5.91 Å². The van der Waals surface area contributed by atoms with E-state index in [2.05, 4.69) is 36.2 Å². The summed E-state index contributed by atoms with van der Waals surface area (Å²) >= 11 is 1.73. The summed E-state index contributed by atoms with van der Waals surface area (Å²) in [6.45, 7) is 7.10. The number of rotatable bonds is 5. The lowest BCUT2D eigenvalue weighted by atomic mass is 10.2. The van der Waals surface area contributed by atoms with E-state index < -0.39 is 0 Å². The van der Waals surface area contributed by atoms with Gasteiger partial charge in [-0.05, 0) is 38.4 Å². The second kappa shape index (κ2) is 6.34. The van der Waals surface area contributed by atoms with E-state index in [-0.39, 0.29) is 5.91 Å². The van der Waals surface area contributed by atoms with Gasteiger partial charge in [-0.15, -0.1) is 11.3 Å². The Bertz CT molecular complexity index is 396. The Balaban J connectivity index is 1.98. The van der Waals surface area contributed by atoms with Crippen LogP contribution in [0.1, 0.15) is 29.5 Å². The molecule has 1 atom stereocenters. The van der Waals surface area contributed by atoms with E-state index in [9.17, 15) is 4.79 Å². The number of hydrogen-bond donors (Lipinski definition) is 1. The molecule has 1 aromatic heterocycles. The van der Waals surface area contributed by atoms with E-state index >= 15 is 0 Å². The molecule has 0 aliphatic carbocycles. The molecule has 1 aliphatic rings. The van der Waals surface area contributed by atoms with Crippen molar-refractivity contribution in [2.75, 3.05) is 19.6 Å². The Morgan fingerprint density at radius 3 is 2.94 bits per heavy atom. The Hall–Kier alpha value is -0.870. The van der Waals surface area contributed by atoms with Crippen LogP contribution in [0.5, 0.6) is 0 Å². The Kier molecular flexibility index (Phi) is 4.78. The van der Waals surface area contributed by atoms with Crippen LogP contribution in [0.25, 0.3) is 0 Å². The summed E-state index contributed by atoms with van der Waals surface area (Å²) < 4.78 is 0. The van der Waals surface area contributed by atoms with Crippen molar-refractivity contribution in [2.45, 2.75) is 39.2 Å². The topological polar surface area (TPSA) is 32.3 Å². The number of carbonyl (C=O) groups is 1. The van der Waals surface area contributed by atoms with Crippen LogP contribution in [-0.4, -0.2) is 36.5 Å². The summed E-state index contributed by atoms with van der Waals surface area (Å²) in [5.74, 6) is 0.285. The molecular weight excluding hydrogens is 244 g/mol. The van der Waals surface area contributed by atoms with E-state index in [4.69, 9.17) is 0 Å². The van der Waals surface area contributed by atoms with Crippen LogP contribution < -0.4 is 5.32 Å². The first kappa shape index (κ1) is 13.6. The largest absolute Gasteiger partial charge is 0.338 e. The molecule has 1 saturated heterocycles. The highest BCUT2D eigenvalue weighted by Crippen LogP contribution is 2.18. The lowest BCUT2D eigenvalue weighted by Gasteiger charge is -2.28. The number of aryl methyl sites for hydroxylation is 1. The average Bonchev–Trinajstić information content (AvgIpc) is 2.97. The molecule has 0 bridgehead atoms. The molecule has 0 radical (unpaired) electrons. The fourth-order valence-corrected chi connectivity index (χ4v) is 3.37. The van der Waals surface area contributed by atoms with Crippen molar-refractivity contribution in [1.82, 2.24) is 10.2 Å². The van der Waals surface area contributed by atoms with Gasteiger partial charge >= 0.3 is 0 Å².